The summed E-state index contributed by atoms with van der Waals surface area (Å²) in [5, 5.41) is 15.8. The molecule has 6 N–H and O–H groups in total. The Kier molecular flexibility index (Phi) is 5.68. The maximum atomic E-state index is 12.8. The Hall–Kier alpha value is -3.69. The second kappa shape index (κ2) is 8.45. The summed E-state index contributed by atoms with van der Waals surface area (Å²) in [5.74, 6) is -0.153. The highest BCUT2D eigenvalue weighted by atomic mass is 32.2. The van der Waals surface area contributed by atoms with Crippen LogP contribution in [0.2, 0.25) is 0 Å². The standard InChI is InChI=1S/C23H23N5O3S/c24-22(25)16-4-3-5-18(14-16)28-13-12-20(28)23(29)27-17-10-8-15(9-11-17)19-6-1-2-7-21(19)32(26,30)31/h1-11,14,20H,12-13H2,(H3,24,25)(H,27,29)(H2,26,30,31). The van der Waals surface area contributed by atoms with Crippen molar-refractivity contribution < 1.29 is 13.2 Å². The molecule has 0 aromatic heterocycles. The SMILES string of the molecule is N=C(N)c1cccc(N2CCC2C(=O)Nc2ccc(-c3ccccc3S(N)(=O)=O)cc2)c1. The van der Waals surface area contributed by atoms with Gasteiger partial charge in [-0.15, -0.1) is 0 Å². The van der Waals surface area contributed by atoms with Gasteiger partial charge in [-0.25, -0.2) is 13.6 Å². The molecule has 0 spiro atoms. The Balaban J connectivity index is 1.48. The van der Waals surface area contributed by atoms with Gasteiger partial charge in [0.05, 0.1) is 4.90 Å². The molecule has 0 aliphatic carbocycles. The molecular weight excluding hydrogens is 426 g/mol. The quantitative estimate of drug-likeness (QED) is 0.338. The Morgan fingerprint density at radius 2 is 1.75 bits per heavy atom. The van der Waals surface area contributed by atoms with Crippen LogP contribution in [-0.2, 0) is 14.8 Å². The summed E-state index contributed by atoms with van der Waals surface area (Å²) in [4.78, 5) is 14.8. The molecule has 1 heterocycles. The van der Waals surface area contributed by atoms with E-state index in [1.807, 2.05) is 17.0 Å². The molecule has 1 unspecified atom stereocenters. The zero-order valence-electron chi connectivity index (χ0n) is 17.2. The maximum absolute atomic E-state index is 12.8. The van der Waals surface area contributed by atoms with Gasteiger partial charge in [-0.3, -0.25) is 10.2 Å². The molecule has 0 bridgehead atoms. The lowest BCUT2D eigenvalue weighted by Crippen LogP contribution is -2.54. The minimum atomic E-state index is -3.86. The normalized spacial score (nSPS) is 15.7. The highest BCUT2D eigenvalue weighted by molar-refractivity contribution is 7.89. The zero-order valence-corrected chi connectivity index (χ0v) is 18.0. The van der Waals surface area contributed by atoms with E-state index in [2.05, 4.69) is 5.32 Å². The minimum Gasteiger partial charge on any atom is -0.384 e. The number of sulfonamides is 1. The number of amidine groups is 1. The summed E-state index contributed by atoms with van der Waals surface area (Å²) >= 11 is 0. The van der Waals surface area contributed by atoms with E-state index >= 15 is 0 Å². The molecule has 1 aliphatic rings. The van der Waals surface area contributed by atoms with Crippen molar-refractivity contribution in [3.63, 3.8) is 0 Å². The van der Waals surface area contributed by atoms with Crippen molar-refractivity contribution in [2.45, 2.75) is 17.4 Å². The van der Waals surface area contributed by atoms with Crippen LogP contribution in [0.4, 0.5) is 11.4 Å². The van der Waals surface area contributed by atoms with Crippen LogP contribution in [0.15, 0.2) is 77.7 Å². The van der Waals surface area contributed by atoms with E-state index < -0.39 is 10.0 Å². The molecule has 8 nitrogen and oxygen atoms in total. The van der Waals surface area contributed by atoms with E-state index in [9.17, 15) is 13.2 Å². The molecule has 1 aliphatic heterocycles. The van der Waals surface area contributed by atoms with Gasteiger partial charge in [-0.1, -0.05) is 42.5 Å². The first-order chi connectivity index (χ1) is 15.2. The number of anilines is 2. The molecule has 4 rings (SSSR count). The van der Waals surface area contributed by atoms with Crippen LogP contribution >= 0.6 is 0 Å². The smallest absolute Gasteiger partial charge is 0.247 e. The molecule has 3 aromatic rings. The van der Waals surface area contributed by atoms with Gasteiger partial charge in [0.1, 0.15) is 11.9 Å². The number of hydrogen-bond acceptors (Lipinski definition) is 5. The number of nitrogens with zero attached hydrogens (tertiary/aromatic N) is 1. The fourth-order valence-corrected chi connectivity index (χ4v) is 4.49. The third-order valence-electron chi connectivity index (χ3n) is 5.47. The largest absolute Gasteiger partial charge is 0.384 e. The summed E-state index contributed by atoms with van der Waals surface area (Å²) in [6, 6.07) is 20.4. The number of nitrogens with one attached hydrogen (secondary N) is 2. The Morgan fingerprint density at radius 1 is 1.03 bits per heavy atom. The van der Waals surface area contributed by atoms with Crippen LogP contribution < -0.4 is 21.1 Å². The molecule has 0 radical (unpaired) electrons. The predicted molar refractivity (Wildman–Crippen MR) is 125 cm³/mol. The van der Waals surface area contributed by atoms with Crippen molar-refractivity contribution in [1.29, 1.82) is 5.41 Å². The zero-order chi connectivity index (χ0) is 22.9. The number of benzene rings is 3. The van der Waals surface area contributed by atoms with Gasteiger partial charge in [0, 0.05) is 29.0 Å². The minimum absolute atomic E-state index is 0.0162. The average Bonchev–Trinajstić information content (AvgIpc) is 2.73. The van der Waals surface area contributed by atoms with E-state index in [-0.39, 0.29) is 22.7 Å². The van der Waals surface area contributed by atoms with Crippen molar-refractivity contribution in [1.82, 2.24) is 0 Å². The van der Waals surface area contributed by atoms with Gasteiger partial charge in [0.2, 0.25) is 15.9 Å². The van der Waals surface area contributed by atoms with Crippen LogP contribution in [0, 0.1) is 5.41 Å². The number of primary sulfonamides is 1. The summed E-state index contributed by atoms with van der Waals surface area (Å²) in [6.07, 6.45) is 0.718. The highest BCUT2D eigenvalue weighted by Gasteiger charge is 2.34. The van der Waals surface area contributed by atoms with Crippen LogP contribution in [0.25, 0.3) is 11.1 Å². The van der Waals surface area contributed by atoms with Crippen LogP contribution in [0.1, 0.15) is 12.0 Å². The van der Waals surface area contributed by atoms with Crippen LogP contribution in [-0.4, -0.2) is 32.7 Å². The van der Waals surface area contributed by atoms with Gasteiger partial charge in [0.25, 0.3) is 0 Å². The summed E-state index contributed by atoms with van der Waals surface area (Å²) in [7, 11) is -3.86. The van der Waals surface area contributed by atoms with Crippen molar-refractivity contribution >= 4 is 33.1 Å². The van der Waals surface area contributed by atoms with Crippen molar-refractivity contribution in [2.24, 2.45) is 10.9 Å². The maximum Gasteiger partial charge on any atom is 0.247 e. The second-order valence-electron chi connectivity index (χ2n) is 7.57. The van der Waals surface area contributed by atoms with Gasteiger partial charge in [-0.05, 0) is 42.3 Å². The number of nitrogens with two attached hydrogens (primary N) is 2. The van der Waals surface area contributed by atoms with Crippen molar-refractivity contribution in [3.05, 3.63) is 78.4 Å². The van der Waals surface area contributed by atoms with Gasteiger partial charge >= 0.3 is 0 Å². The lowest BCUT2D eigenvalue weighted by molar-refractivity contribution is -0.118. The molecular formula is C23H23N5O3S. The lowest BCUT2D eigenvalue weighted by atomic mass is 9.99. The van der Waals surface area contributed by atoms with E-state index in [1.54, 1.807) is 54.6 Å². The first-order valence-electron chi connectivity index (χ1n) is 9.98. The topological polar surface area (TPSA) is 142 Å². The molecule has 1 saturated heterocycles. The van der Waals surface area contributed by atoms with E-state index in [4.69, 9.17) is 16.3 Å². The summed E-state index contributed by atoms with van der Waals surface area (Å²) in [5.41, 5.74) is 8.82. The first kappa shape index (κ1) is 21.5. The lowest BCUT2D eigenvalue weighted by Gasteiger charge is -2.41. The first-order valence-corrected chi connectivity index (χ1v) is 11.5. The molecule has 1 amide bonds. The number of carbonyl (C=O) groups is 1. The summed E-state index contributed by atoms with van der Waals surface area (Å²) in [6.45, 7) is 0.739. The number of hydrogen-bond donors (Lipinski definition) is 4. The number of rotatable bonds is 6. The second-order valence-corrected chi connectivity index (χ2v) is 9.10. The van der Waals surface area contributed by atoms with E-state index in [0.717, 1.165) is 18.7 Å². The molecule has 1 atom stereocenters. The molecule has 9 heteroatoms. The monoisotopic (exact) mass is 449 g/mol. The van der Waals surface area contributed by atoms with E-state index in [1.165, 1.54) is 6.07 Å². The molecule has 3 aromatic carbocycles. The molecule has 164 valence electrons. The fourth-order valence-electron chi connectivity index (χ4n) is 3.73. The van der Waals surface area contributed by atoms with Gasteiger partial charge < -0.3 is 16.0 Å². The Morgan fingerprint density at radius 3 is 2.38 bits per heavy atom. The molecule has 0 saturated carbocycles. The third kappa shape index (κ3) is 4.34. The van der Waals surface area contributed by atoms with Crippen molar-refractivity contribution in [3.8, 4) is 11.1 Å². The van der Waals surface area contributed by atoms with Gasteiger partial charge in [-0.2, -0.15) is 0 Å². The number of carbonyl (C=O) groups excluding carboxylic acids is 1. The van der Waals surface area contributed by atoms with Crippen LogP contribution in [0.5, 0.6) is 0 Å². The predicted octanol–water partition coefficient (Wildman–Crippen LogP) is 2.50. The number of amides is 1. The molecule has 32 heavy (non-hydrogen) atoms. The Bertz CT molecular complexity index is 1290. The van der Waals surface area contributed by atoms with Crippen LogP contribution in [0.3, 0.4) is 0 Å². The van der Waals surface area contributed by atoms with Crippen molar-refractivity contribution in [2.75, 3.05) is 16.8 Å². The molecule has 1 fully saturated rings. The number of nitrogen functional groups attached to an aromatic ring is 1. The Labute approximate surface area is 186 Å². The highest BCUT2D eigenvalue weighted by Crippen LogP contribution is 2.30. The average molecular weight is 450 g/mol. The fraction of sp³-hybridized carbons (Fsp3) is 0.130. The van der Waals surface area contributed by atoms with E-state index in [0.29, 0.717) is 22.4 Å². The third-order valence-corrected chi connectivity index (χ3v) is 6.44. The summed E-state index contributed by atoms with van der Waals surface area (Å²) < 4.78 is 23.7. The van der Waals surface area contributed by atoms with Gasteiger partial charge in [0.15, 0.2) is 0 Å².